The highest BCUT2D eigenvalue weighted by Crippen LogP contribution is 2.18. The minimum atomic E-state index is -0.986. The lowest BCUT2D eigenvalue weighted by atomic mass is 10.2. The summed E-state index contributed by atoms with van der Waals surface area (Å²) in [6, 6.07) is 6.81. The summed E-state index contributed by atoms with van der Waals surface area (Å²) in [4.78, 5) is 26.1. The van der Waals surface area contributed by atoms with Crippen LogP contribution < -0.4 is 4.90 Å². The van der Waals surface area contributed by atoms with Crippen LogP contribution in [0.15, 0.2) is 24.3 Å². The monoisotopic (exact) mass is 298 g/mol. The van der Waals surface area contributed by atoms with Crippen molar-refractivity contribution >= 4 is 29.2 Å². The van der Waals surface area contributed by atoms with Crippen molar-refractivity contribution in [3.05, 3.63) is 29.3 Å². The van der Waals surface area contributed by atoms with Crippen molar-refractivity contribution in [3.63, 3.8) is 0 Å². The number of carbonyl (C=O) groups excluding carboxylic acids is 1. The largest absolute Gasteiger partial charge is 0.480 e. The van der Waals surface area contributed by atoms with Crippen LogP contribution >= 0.6 is 11.6 Å². The maximum Gasteiger partial charge on any atom is 0.323 e. The molecule has 0 aliphatic rings. The molecule has 1 N–H and O–H groups in total. The Morgan fingerprint density at radius 2 is 1.75 bits per heavy atom. The normalized spacial score (nSPS) is 10.4. The van der Waals surface area contributed by atoms with Crippen LogP contribution in [0.5, 0.6) is 0 Å². The first-order chi connectivity index (χ1) is 9.31. The Morgan fingerprint density at radius 1 is 1.20 bits per heavy atom. The molecule has 0 aliphatic carbocycles. The topological polar surface area (TPSA) is 60.9 Å². The Bertz CT molecular complexity index is 474. The fourth-order valence-electron chi connectivity index (χ4n) is 1.62. The Morgan fingerprint density at radius 3 is 2.20 bits per heavy atom. The van der Waals surface area contributed by atoms with Gasteiger partial charge in [-0.25, -0.2) is 0 Å². The molecule has 0 aliphatic heterocycles. The second-order valence-electron chi connectivity index (χ2n) is 4.82. The van der Waals surface area contributed by atoms with Crippen molar-refractivity contribution in [2.45, 2.75) is 19.9 Å². The van der Waals surface area contributed by atoms with Crippen LogP contribution in [-0.2, 0) is 9.59 Å². The Labute approximate surface area is 123 Å². The van der Waals surface area contributed by atoms with Crippen molar-refractivity contribution < 1.29 is 14.7 Å². The Balaban J connectivity index is 2.87. The van der Waals surface area contributed by atoms with E-state index < -0.39 is 5.97 Å². The Hall–Kier alpha value is -1.75. The number of halogens is 1. The van der Waals surface area contributed by atoms with E-state index in [0.29, 0.717) is 10.7 Å². The second-order valence-corrected chi connectivity index (χ2v) is 5.26. The number of benzene rings is 1. The van der Waals surface area contributed by atoms with Gasteiger partial charge >= 0.3 is 5.97 Å². The number of hydrogen-bond donors (Lipinski definition) is 1. The number of carbonyl (C=O) groups is 2. The van der Waals surface area contributed by atoms with Crippen LogP contribution in [0, 0.1) is 0 Å². The highest BCUT2D eigenvalue weighted by molar-refractivity contribution is 6.30. The van der Waals surface area contributed by atoms with Gasteiger partial charge < -0.3 is 14.9 Å². The SMILES string of the molecule is CC(C)N(C)C(=O)CN(CC(=O)O)c1ccc(Cl)cc1. The molecule has 0 bridgehead atoms. The van der Waals surface area contributed by atoms with E-state index in [1.54, 1.807) is 36.2 Å². The summed E-state index contributed by atoms with van der Waals surface area (Å²) in [7, 11) is 1.70. The molecule has 5 nitrogen and oxygen atoms in total. The molecule has 6 heteroatoms. The number of hydrogen-bond acceptors (Lipinski definition) is 3. The number of aliphatic carboxylic acids is 1. The molecule has 0 spiro atoms. The fraction of sp³-hybridized carbons (Fsp3) is 0.429. The number of likely N-dealkylation sites (N-methyl/N-ethyl adjacent to an activating group) is 1. The van der Waals surface area contributed by atoms with E-state index in [1.807, 2.05) is 13.8 Å². The van der Waals surface area contributed by atoms with E-state index in [0.717, 1.165) is 0 Å². The lowest BCUT2D eigenvalue weighted by Gasteiger charge is -2.27. The second kappa shape index (κ2) is 7.14. The molecule has 1 aromatic carbocycles. The quantitative estimate of drug-likeness (QED) is 0.873. The van der Waals surface area contributed by atoms with Gasteiger partial charge in [0.05, 0.1) is 6.54 Å². The predicted octanol–water partition coefficient (Wildman–Crippen LogP) is 2.10. The first kappa shape index (κ1) is 16.3. The van der Waals surface area contributed by atoms with Crippen molar-refractivity contribution in [3.8, 4) is 0 Å². The number of rotatable bonds is 6. The molecule has 0 saturated carbocycles. The zero-order valence-corrected chi connectivity index (χ0v) is 12.6. The summed E-state index contributed by atoms with van der Waals surface area (Å²) in [5.41, 5.74) is 0.655. The summed E-state index contributed by atoms with van der Waals surface area (Å²) >= 11 is 5.81. The third-order valence-electron chi connectivity index (χ3n) is 3.01. The molecule has 0 unspecified atom stereocenters. The number of carboxylic acid groups (broad SMARTS) is 1. The van der Waals surface area contributed by atoms with Crippen LogP contribution in [0.4, 0.5) is 5.69 Å². The van der Waals surface area contributed by atoms with Gasteiger partial charge in [0.15, 0.2) is 0 Å². The standard InChI is InChI=1S/C14H19ClN2O3/c1-10(2)16(3)13(18)8-17(9-14(19)20)12-6-4-11(15)5-7-12/h4-7,10H,8-9H2,1-3H3,(H,19,20). The number of carboxylic acids is 1. The lowest BCUT2D eigenvalue weighted by molar-refractivity contribution is -0.135. The van der Waals surface area contributed by atoms with Crippen LogP contribution in [-0.4, -0.2) is 48.1 Å². The Kier molecular flexibility index (Phi) is 5.82. The van der Waals surface area contributed by atoms with E-state index >= 15 is 0 Å². The molecule has 0 saturated heterocycles. The fourth-order valence-corrected chi connectivity index (χ4v) is 1.74. The maximum absolute atomic E-state index is 12.1. The average Bonchev–Trinajstić information content (AvgIpc) is 2.37. The first-order valence-corrected chi connectivity index (χ1v) is 6.67. The molecule has 0 fully saturated rings. The highest BCUT2D eigenvalue weighted by atomic mass is 35.5. The molecular formula is C14H19ClN2O3. The molecule has 110 valence electrons. The number of nitrogens with zero attached hydrogens (tertiary/aromatic N) is 2. The zero-order valence-electron chi connectivity index (χ0n) is 11.8. The van der Waals surface area contributed by atoms with Gasteiger partial charge in [0.25, 0.3) is 0 Å². The van der Waals surface area contributed by atoms with Gasteiger partial charge in [0.2, 0.25) is 5.91 Å². The molecule has 0 atom stereocenters. The zero-order chi connectivity index (χ0) is 15.3. The van der Waals surface area contributed by atoms with Crippen molar-refractivity contribution in [2.75, 3.05) is 25.0 Å². The van der Waals surface area contributed by atoms with Crippen LogP contribution in [0.1, 0.15) is 13.8 Å². The highest BCUT2D eigenvalue weighted by Gasteiger charge is 2.18. The first-order valence-electron chi connectivity index (χ1n) is 6.29. The van der Waals surface area contributed by atoms with E-state index in [4.69, 9.17) is 16.7 Å². The van der Waals surface area contributed by atoms with Crippen LogP contribution in [0.25, 0.3) is 0 Å². The molecular weight excluding hydrogens is 280 g/mol. The predicted molar refractivity (Wildman–Crippen MR) is 79.2 cm³/mol. The van der Waals surface area contributed by atoms with E-state index in [-0.39, 0.29) is 25.0 Å². The third kappa shape index (κ3) is 4.74. The molecule has 0 radical (unpaired) electrons. The molecule has 1 aromatic rings. The summed E-state index contributed by atoms with van der Waals surface area (Å²) in [6.45, 7) is 3.59. The summed E-state index contributed by atoms with van der Waals surface area (Å²) in [5, 5.41) is 9.53. The maximum atomic E-state index is 12.1. The molecule has 1 rings (SSSR count). The summed E-state index contributed by atoms with van der Waals surface area (Å²) in [6.07, 6.45) is 0. The minimum Gasteiger partial charge on any atom is -0.480 e. The molecule has 0 heterocycles. The van der Waals surface area contributed by atoms with Gasteiger partial charge in [-0.2, -0.15) is 0 Å². The third-order valence-corrected chi connectivity index (χ3v) is 3.26. The van der Waals surface area contributed by atoms with Crippen molar-refractivity contribution in [1.82, 2.24) is 4.90 Å². The smallest absolute Gasteiger partial charge is 0.323 e. The van der Waals surface area contributed by atoms with Gasteiger partial charge in [-0.15, -0.1) is 0 Å². The number of anilines is 1. The average molecular weight is 299 g/mol. The van der Waals surface area contributed by atoms with Gasteiger partial charge in [-0.05, 0) is 38.1 Å². The van der Waals surface area contributed by atoms with E-state index in [9.17, 15) is 9.59 Å². The molecule has 20 heavy (non-hydrogen) atoms. The van der Waals surface area contributed by atoms with Crippen molar-refractivity contribution in [2.24, 2.45) is 0 Å². The van der Waals surface area contributed by atoms with Gasteiger partial charge in [-0.3, -0.25) is 9.59 Å². The lowest BCUT2D eigenvalue weighted by Crippen LogP contribution is -2.43. The van der Waals surface area contributed by atoms with E-state index in [1.165, 1.54) is 4.90 Å². The van der Waals surface area contributed by atoms with Crippen LogP contribution in [0.2, 0.25) is 5.02 Å². The van der Waals surface area contributed by atoms with Gasteiger partial charge in [0, 0.05) is 23.8 Å². The van der Waals surface area contributed by atoms with Crippen LogP contribution in [0.3, 0.4) is 0 Å². The van der Waals surface area contributed by atoms with Gasteiger partial charge in [-0.1, -0.05) is 11.6 Å². The summed E-state index contributed by atoms with van der Waals surface area (Å²) < 4.78 is 0. The number of amides is 1. The van der Waals surface area contributed by atoms with Gasteiger partial charge in [0.1, 0.15) is 6.54 Å². The minimum absolute atomic E-state index is 0.0165. The molecule has 0 aromatic heterocycles. The van der Waals surface area contributed by atoms with Crippen molar-refractivity contribution in [1.29, 1.82) is 0 Å². The summed E-state index contributed by atoms with van der Waals surface area (Å²) in [5.74, 6) is -1.11. The molecule has 1 amide bonds. The van der Waals surface area contributed by atoms with E-state index in [2.05, 4.69) is 0 Å².